The third-order valence-corrected chi connectivity index (χ3v) is 3.77. The lowest BCUT2D eigenvalue weighted by Gasteiger charge is -2.28. The second kappa shape index (κ2) is 6.68. The molecule has 0 aliphatic rings. The summed E-state index contributed by atoms with van der Waals surface area (Å²) < 4.78 is 1.82. The van der Waals surface area contributed by atoms with Crippen molar-refractivity contribution in [1.82, 2.24) is 14.8 Å². The minimum absolute atomic E-state index is 0.201. The molecule has 1 aromatic heterocycles. The molecule has 1 heterocycles. The summed E-state index contributed by atoms with van der Waals surface area (Å²) in [6, 6.07) is 0.201. The largest absolute Gasteiger partial charge is 0.481 e. The lowest BCUT2D eigenvalue weighted by atomic mass is 9.77. The van der Waals surface area contributed by atoms with Crippen LogP contribution < -0.4 is 0 Å². The van der Waals surface area contributed by atoms with Gasteiger partial charge in [-0.05, 0) is 26.7 Å². The summed E-state index contributed by atoms with van der Waals surface area (Å²) in [7, 11) is 0. The standard InChI is InChI=1S/C14H25N3O2/c1-5-7-8-14(6-2,13(18)19)9-12-15-10-16-17(12)11(3)4/h10-11H,5-9H2,1-4H3,(H,18,19). The molecule has 5 nitrogen and oxygen atoms in total. The highest BCUT2D eigenvalue weighted by Gasteiger charge is 2.37. The first-order valence-electron chi connectivity index (χ1n) is 7.08. The lowest BCUT2D eigenvalue weighted by Crippen LogP contribution is -2.34. The van der Waals surface area contributed by atoms with E-state index in [1.54, 1.807) is 0 Å². The molecular weight excluding hydrogens is 242 g/mol. The molecule has 0 aliphatic carbocycles. The predicted octanol–water partition coefficient (Wildman–Crippen LogP) is 3.07. The Hall–Kier alpha value is -1.39. The molecule has 0 radical (unpaired) electrons. The van der Waals surface area contributed by atoms with Gasteiger partial charge in [-0.15, -0.1) is 0 Å². The Kier molecular flexibility index (Phi) is 5.51. The van der Waals surface area contributed by atoms with E-state index in [0.717, 1.165) is 18.7 Å². The van der Waals surface area contributed by atoms with Gasteiger partial charge in [-0.1, -0.05) is 26.7 Å². The highest BCUT2D eigenvalue weighted by molar-refractivity contribution is 5.74. The Morgan fingerprint density at radius 1 is 1.47 bits per heavy atom. The van der Waals surface area contributed by atoms with Gasteiger partial charge in [0.25, 0.3) is 0 Å². The molecule has 0 fully saturated rings. The molecule has 1 rings (SSSR count). The second-order valence-electron chi connectivity index (χ2n) is 5.43. The highest BCUT2D eigenvalue weighted by atomic mass is 16.4. The zero-order valence-corrected chi connectivity index (χ0v) is 12.4. The molecule has 1 atom stereocenters. The lowest BCUT2D eigenvalue weighted by molar-refractivity contribution is -0.150. The molecule has 0 bridgehead atoms. The minimum Gasteiger partial charge on any atom is -0.481 e. The average molecular weight is 267 g/mol. The zero-order valence-electron chi connectivity index (χ0n) is 12.4. The topological polar surface area (TPSA) is 68.0 Å². The summed E-state index contributed by atoms with van der Waals surface area (Å²) in [5, 5.41) is 13.8. The van der Waals surface area contributed by atoms with Crippen LogP contribution in [0.2, 0.25) is 0 Å². The van der Waals surface area contributed by atoms with Crippen molar-refractivity contribution >= 4 is 5.97 Å². The van der Waals surface area contributed by atoms with Crippen molar-refractivity contribution in [1.29, 1.82) is 0 Å². The maximum atomic E-state index is 11.7. The fraction of sp³-hybridized carbons (Fsp3) is 0.786. The first-order valence-corrected chi connectivity index (χ1v) is 7.08. The maximum absolute atomic E-state index is 11.7. The fourth-order valence-corrected chi connectivity index (χ4v) is 2.37. The van der Waals surface area contributed by atoms with Crippen molar-refractivity contribution < 1.29 is 9.90 Å². The van der Waals surface area contributed by atoms with E-state index >= 15 is 0 Å². The van der Waals surface area contributed by atoms with E-state index in [-0.39, 0.29) is 6.04 Å². The fourth-order valence-electron chi connectivity index (χ4n) is 2.37. The summed E-state index contributed by atoms with van der Waals surface area (Å²) >= 11 is 0. The van der Waals surface area contributed by atoms with Gasteiger partial charge in [0.15, 0.2) is 0 Å². The number of carboxylic acid groups (broad SMARTS) is 1. The molecular formula is C14H25N3O2. The Morgan fingerprint density at radius 3 is 2.63 bits per heavy atom. The van der Waals surface area contributed by atoms with Gasteiger partial charge in [0, 0.05) is 12.5 Å². The van der Waals surface area contributed by atoms with Gasteiger partial charge < -0.3 is 5.11 Å². The number of rotatable bonds is 8. The van der Waals surface area contributed by atoms with Gasteiger partial charge in [-0.3, -0.25) is 4.79 Å². The van der Waals surface area contributed by atoms with E-state index < -0.39 is 11.4 Å². The summed E-state index contributed by atoms with van der Waals surface area (Å²) in [6.45, 7) is 8.08. The van der Waals surface area contributed by atoms with Crippen molar-refractivity contribution in [2.75, 3.05) is 0 Å². The molecule has 1 aromatic rings. The van der Waals surface area contributed by atoms with Crippen LogP contribution in [0.1, 0.15) is 65.2 Å². The molecule has 1 N–H and O–H groups in total. The zero-order chi connectivity index (χ0) is 14.5. The maximum Gasteiger partial charge on any atom is 0.310 e. The smallest absolute Gasteiger partial charge is 0.310 e. The molecule has 19 heavy (non-hydrogen) atoms. The predicted molar refractivity (Wildman–Crippen MR) is 74.0 cm³/mol. The third kappa shape index (κ3) is 3.55. The molecule has 0 saturated carbocycles. The first kappa shape index (κ1) is 15.7. The Morgan fingerprint density at radius 2 is 2.16 bits per heavy atom. The SMILES string of the molecule is CCCCC(CC)(Cc1ncnn1C(C)C)C(=O)O. The van der Waals surface area contributed by atoms with E-state index in [1.807, 2.05) is 25.5 Å². The number of unbranched alkanes of at least 4 members (excludes halogenated alkanes) is 1. The van der Waals surface area contributed by atoms with E-state index in [2.05, 4.69) is 17.0 Å². The van der Waals surface area contributed by atoms with Crippen molar-refractivity contribution in [3.63, 3.8) is 0 Å². The average Bonchev–Trinajstić information content (AvgIpc) is 2.82. The molecule has 0 saturated heterocycles. The molecule has 0 aliphatic heterocycles. The van der Waals surface area contributed by atoms with Crippen LogP contribution in [0.15, 0.2) is 6.33 Å². The van der Waals surface area contributed by atoms with Gasteiger partial charge >= 0.3 is 5.97 Å². The quantitative estimate of drug-likeness (QED) is 0.786. The van der Waals surface area contributed by atoms with Crippen LogP contribution in [-0.2, 0) is 11.2 Å². The van der Waals surface area contributed by atoms with Crippen molar-refractivity contribution in [2.45, 2.75) is 65.8 Å². The number of hydrogen-bond acceptors (Lipinski definition) is 3. The van der Waals surface area contributed by atoms with Gasteiger partial charge in [0.05, 0.1) is 5.41 Å². The highest BCUT2D eigenvalue weighted by Crippen LogP contribution is 2.33. The van der Waals surface area contributed by atoms with Gasteiger partial charge in [0.1, 0.15) is 12.2 Å². The van der Waals surface area contributed by atoms with Crippen LogP contribution in [0.4, 0.5) is 0 Å². The number of carbonyl (C=O) groups is 1. The first-order chi connectivity index (χ1) is 8.96. The Bertz CT molecular complexity index is 415. The van der Waals surface area contributed by atoms with Gasteiger partial charge in [-0.25, -0.2) is 9.67 Å². The van der Waals surface area contributed by atoms with Crippen LogP contribution in [0.5, 0.6) is 0 Å². The van der Waals surface area contributed by atoms with Gasteiger partial charge in [0.2, 0.25) is 0 Å². The number of nitrogens with zero attached hydrogens (tertiary/aromatic N) is 3. The van der Waals surface area contributed by atoms with Crippen LogP contribution in [0.3, 0.4) is 0 Å². The third-order valence-electron chi connectivity index (χ3n) is 3.77. The van der Waals surface area contributed by atoms with Crippen molar-refractivity contribution in [3.8, 4) is 0 Å². The van der Waals surface area contributed by atoms with Crippen molar-refractivity contribution in [2.24, 2.45) is 5.41 Å². The van der Waals surface area contributed by atoms with Crippen LogP contribution in [0, 0.1) is 5.41 Å². The number of hydrogen-bond donors (Lipinski definition) is 1. The van der Waals surface area contributed by atoms with E-state index in [4.69, 9.17) is 0 Å². The Balaban J connectivity index is 2.99. The normalized spacial score (nSPS) is 14.6. The molecule has 1 unspecified atom stereocenters. The summed E-state index contributed by atoms with van der Waals surface area (Å²) in [6.07, 6.45) is 5.21. The van der Waals surface area contributed by atoms with E-state index in [1.165, 1.54) is 6.33 Å². The van der Waals surface area contributed by atoms with Crippen LogP contribution in [0.25, 0.3) is 0 Å². The number of carboxylic acids is 1. The van der Waals surface area contributed by atoms with E-state index in [0.29, 0.717) is 19.3 Å². The molecule has 0 spiro atoms. The second-order valence-corrected chi connectivity index (χ2v) is 5.43. The molecule has 0 amide bonds. The van der Waals surface area contributed by atoms with E-state index in [9.17, 15) is 9.90 Å². The summed E-state index contributed by atoms with van der Waals surface area (Å²) in [5.74, 6) is 0.0529. The minimum atomic E-state index is -0.721. The van der Waals surface area contributed by atoms with Crippen molar-refractivity contribution in [3.05, 3.63) is 12.2 Å². The monoisotopic (exact) mass is 267 g/mol. The van der Waals surface area contributed by atoms with Gasteiger partial charge in [-0.2, -0.15) is 5.10 Å². The molecule has 5 heteroatoms. The Labute approximate surface area is 115 Å². The van der Waals surface area contributed by atoms with Crippen LogP contribution >= 0.6 is 0 Å². The summed E-state index contributed by atoms with van der Waals surface area (Å²) in [4.78, 5) is 16.0. The molecule has 108 valence electrons. The van der Waals surface area contributed by atoms with Crippen LogP contribution in [-0.4, -0.2) is 25.8 Å². The number of aliphatic carboxylic acids is 1. The molecule has 0 aromatic carbocycles. The summed E-state index contributed by atoms with van der Waals surface area (Å²) in [5.41, 5.74) is -0.713. The number of aromatic nitrogens is 3.